The molecule has 5 N–H and O–H groups in total. The van der Waals surface area contributed by atoms with E-state index in [9.17, 15) is 9.59 Å². The van der Waals surface area contributed by atoms with Crippen LogP contribution in [0.1, 0.15) is 36.5 Å². The molecule has 0 aliphatic heterocycles. The van der Waals surface area contributed by atoms with E-state index in [-0.39, 0.29) is 18.4 Å². The summed E-state index contributed by atoms with van der Waals surface area (Å²) in [6.45, 7) is 3.26. The number of anilines is 2. The molecule has 0 aromatic heterocycles. The lowest BCUT2D eigenvalue weighted by Gasteiger charge is -2.10. The van der Waals surface area contributed by atoms with Crippen LogP contribution in [0.25, 0.3) is 0 Å². The smallest absolute Gasteiger partial charge is 0.414 e. The summed E-state index contributed by atoms with van der Waals surface area (Å²) in [5.74, 6) is -3.39. The van der Waals surface area contributed by atoms with Crippen molar-refractivity contribution in [3.63, 3.8) is 0 Å². The fourth-order valence-corrected chi connectivity index (χ4v) is 2.55. The number of carbonyl (C=O) groups is 4. The van der Waals surface area contributed by atoms with Crippen molar-refractivity contribution in [2.45, 2.75) is 26.2 Å². The Hall–Kier alpha value is -3.92. The van der Waals surface area contributed by atoms with Gasteiger partial charge in [0.1, 0.15) is 5.75 Å². The molecule has 10 nitrogen and oxygen atoms in total. The van der Waals surface area contributed by atoms with Crippen LogP contribution >= 0.6 is 0 Å². The summed E-state index contributed by atoms with van der Waals surface area (Å²) < 4.78 is 5.23. The van der Waals surface area contributed by atoms with Crippen LogP contribution < -0.4 is 20.7 Å². The normalized spacial score (nSPS) is 9.76. The van der Waals surface area contributed by atoms with E-state index < -0.39 is 11.9 Å². The summed E-state index contributed by atoms with van der Waals surface area (Å²) >= 11 is 0. The molecule has 0 radical (unpaired) electrons. The van der Waals surface area contributed by atoms with Crippen LogP contribution in [-0.2, 0) is 14.4 Å². The van der Waals surface area contributed by atoms with Crippen molar-refractivity contribution < 1.29 is 34.1 Å². The molecule has 0 saturated carbocycles. The maximum absolute atomic E-state index is 12.4. The van der Waals surface area contributed by atoms with Crippen molar-refractivity contribution in [3.8, 4) is 5.75 Å². The first-order chi connectivity index (χ1) is 15.8. The summed E-state index contributed by atoms with van der Waals surface area (Å²) in [5, 5.41) is 23.5. The van der Waals surface area contributed by atoms with Crippen molar-refractivity contribution in [1.29, 1.82) is 0 Å². The van der Waals surface area contributed by atoms with Crippen LogP contribution in [0.15, 0.2) is 48.5 Å². The number of amides is 2. The summed E-state index contributed by atoms with van der Waals surface area (Å²) in [6, 6.07) is 14.0. The average Bonchev–Trinajstić information content (AvgIpc) is 2.80. The maximum atomic E-state index is 12.4. The molecule has 0 aliphatic carbocycles. The molecule has 10 heteroatoms. The van der Waals surface area contributed by atoms with E-state index in [1.807, 2.05) is 12.1 Å². The molecule has 2 aromatic rings. The van der Waals surface area contributed by atoms with E-state index in [1.54, 1.807) is 43.5 Å². The predicted molar refractivity (Wildman–Crippen MR) is 124 cm³/mol. The SMILES string of the molecule is CCCCCNCC(=O)Nc1ccc(C(=O)Nc2ccccc2OC)cc1.O=C(O)C(=O)O. The van der Waals surface area contributed by atoms with Crippen molar-refractivity contribution in [3.05, 3.63) is 54.1 Å². The third kappa shape index (κ3) is 10.8. The molecule has 0 fully saturated rings. The minimum absolute atomic E-state index is 0.0993. The zero-order chi connectivity index (χ0) is 24.6. The summed E-state index contributed by atoms with van der Waals surface area (Å²) in [4.78, 5) is 42.5. The molecule has 0 heterocycles. The summed E-state index contributed by atoms with van der Waals surface area (Å²) in [6.07, 6.45) is 3.39. The van der Waals surface area contributed by atoms with E-state index in [0.717, 1.165) is 25.8 Å². The first-order valence-electron chi connectivity index (χ1n) is 10.3. The van der Waals surface area contributed by atoms with Crippen LogP contribution in [0, 0.1) is 0 Å². The third-order valence-corrected chi connectivity index (χ3v) is 4.21. The molecule has 0 atom stereocenters. The number of para-hydroxylation sites is 2. The topological polar surface area (TPSA) is 154 Å². The Kier molecular flexibility index (Phi) is 12.3. The number of rotatable bonds is 10. The highest BCUT2D eigenvalue weighted by Crippen LogP contribution is 2.23. The first kappa shape index (κ1) is 27.1. The lowest BCUT2D eigenvalue weighted by atomic mass is 10.2. The highest BCUT2D eigenvalue weighted by atomic mass is 16.5. The Morgan fingerprint density at radius 3 is 2.09 bits per heavy atom. The van der Waals surface area contributed by atoms with Crippen LogP contribution in [0.5, 0.6) is 5.75 Å². The minimum Gasteiger partial charge on any atom is -0.495 e. The molecule has 2 rings (SSSR count). The van der Waals surface area contributed by atoms with Crippen molar-refractivity contribution in [1.82, 2.24) is 5.32 Å². The van der Waals surface area contributed by atoms with Gasteiger partial charge in [-0.3, -0.25) is 9.59 Å². The number of unbranched alkanes of at least 4 members (excludes halogenated alkanes) is 2. The molecular formula is C23H29N3O7. The minimum atomic E-state index is -1.82. The van der Waals surface area contributed by atoms with Gasteiger partial charge in [0, 0.05) is 11.3 Å². The van der Waals surface area contributed by atoms with Crippen LogP contribution in [-0.4, -0.2) is 54.2 Å². The number of carboxylic acids is 2. The Labute approximate surface area is 192 Å². The largest absolute Gasteiger partial charge is 0.495 e. The molecule has 0 unspecified atom stereocenters. The average molecular weight is 459 g/mol. The predicted octanol–water partition coefficient (Wildman–Crippen LogP) is 2.82. The van der Waals surface area contributed by atoms with Gasteiger partial charge in [-0.15, -0.1) is 0 Å². The summed E-state index contributed by atoms with van der Waals surface area (Å²) in [7, 11) is 1.56. The van der Waals surface area contributed by atoms with Gasteiger partial charge in [0.15, 0.2) is 0 Å². The highest BCUT2D eigenvalue weighted by molar-refractivity contribution is 6.27. The quantitative estimate of drug-likeness (QED) is 0.268. The molecule has 178 valence electrons. The van der Waals surface area contributed by atoms with Crippen LogP contribution in [0.4, 0.5) is 11.4 Å². The monoisotopic (exact) mass is 459 g/mol. The molecule has 33 heavy (non-hydrogen) atoms. The number of hydrogen-bond donors (Lipinski definition) is 5. The second kappa shape index (κ2) is 15.0. The zero-order valence-corrected chi connectivity index (χ0v) is 18.6. The molecule has 0 spiro atoms. The highest BCUT2D eigenvalue weighted by Gasteiger charge is 2.10. The number of carbonyl (C=O) groups excluding carboxylic acids is 2. The van der Waals surface area contributed by atoms with Crippen molar-refractivity contribution in [2.75, 3.05) is 30.8 Å². The van der Waals surface area contributed by atoms with Gasteiger partial charge >= 0.3 is 11.9 Å². The van der Waals surface area contributed by atoms with Crippen molar-refractivity contribution >= 4 is 35.1 Å². The van der Waals surface area contributed by atoms with E-state index >= 15 is 0 Å². The number of nitrogens with one attached hydrogen (secondary N) is 3. The summed E-state index contributed by atoms with van der Waals surface area (Å²) in [5.41, 5.74) is 1.76. The lowest BCUT2D eigenvalue weighted by Crippen LogP contribution is -2.28. The van der Waals surface area contributed by atoms with E-state index in [0.29, 0.717) is 22.7 Å². The fraction of sp³-hybridized carbons (Fsp3) is 0.304. The van der Waals surface area contributed by atoms with Gasteiger partial charge in [0.25, 0.3) is 5.91 Å². The Balaban J connectivity index is 0.000000801. The van der Waals surface area contributed by atoms with Gasteiger partial charge in [0.2, 0.25) is 5.91 Å². The molecule has 2 amide bonds. The second-order valence-electron chi connectivity index (χ2n) is 6.77. The molecule has 0 saturated heterocycles. The Bertz CT molecular complexity index is 918. The van der Waals surface area contributed by atoms with E-state index in [2.05, 4.69) is 22.9 Å². The standard InChI is InChI=1S/C21H27N3O3.C2H2O4/c1-3-4-7-14-22-15-20(25)23-17-12-10-16(11-13-17)21(26)24-18-8-5-6-9-19(18)27-2;3-1(4)2(5)6/h5-6,8-13,22H,3-4,7,14-15H2,1-2H3,(H,23,25)(H,24,26);(H,3,4)(H,5,6). The number of methoxy groups -OCH3 is 1. The fourth-order valence-electron chi connectivity index (χ4n) is 2.55. The Morgan fingerprint density at radius 2 is 1.52 bits per heavy atom. The second-order valence-corrected chi connectivity index (χ2v) is 6.77. The van der Waals surface area contributed by atoms with Gasteiger partial charge in [-0.2, -0.15) is 0 Å². The third-order valence-electron chi connectivity index (χ3n) is 4.21. The number of hydrogen-bond acceptors (Lipinski definition) is 6. The molecular weight excluding hydrogens is 430 g/mol. The van der Waals surface area contributed by atoms with E-state index in [1.165, 1.54) is 0 Å². The number of benzene rings is 2. The van der Waals surface area contributed by atoms with Gasteiger partial charge in [-0.1, -0.05) is 31.9 Å². The first-order valence-corrected chi connectivity index (χ1v) is 10.3. The lowest BCUT2D eigenvalue weighted by molar-refractivity contribution is -0.159. The Morgan fingerprint density at radius 1 is 0.879 bits per heavy atom. The van der Waals surface area contributed by atoms with Gasteiger partial charge in [-0.05, 0) is 49.4 Å². The maximum Gasteiger partial charge on any atom is 0.414 e. The molecule has 0 bridgehead atoms. The van der Waals surface area contributed by atoms with Gasteiger partial charge in [0.05, 0.1) is 19.3 Å². The van der Waals surface area contributed by atoms with Crippen LogP contribution in [0.3, 0.4) is 0 Å². The van der Waals surface area contributed by atoms with E-state index in [4.69, 9.17) is 24.5 Å². The number of aliphatic carboxylic acids is 2. The van der Waals surface area contributed by atoms with Gasteiger partial charge in [-0.25, -0.2) is 9.59 Å². The zero-order valence-electron chi connectivity index (χ0n) is 18.6. The van der Waals surface area contributed by atoms with Crippen LogP contribution in [0.2, 0.25) is 0 Å². The number of ether oxygens (including phenoxy) is 1. The molecule has 0 aliphatic rings. The van der Waals surface area contributed by atoms with Gasteiger partial charge < -0.3 is 30.9 Å². The number of carboxylic acid groups (broad SMARTS) is 2. The molecule has 2 aromatic carbocycles. The van der Waals surface area contributed by atoms with Crippen molar-refractivity contribution in [2.24, 2.45) is 0 Å².